The van der Waals surface area contributed by atoms with Crippen LogP contribution in [-0.2, 0) is 10.3 Å². The number of fused-ring (bicyclic) bond motifs is 1. The highest BCUT2D eigenvalue weighted by Gasteiger charge is 2.32. The van der Waals surface area contributed by atoms with E-state index in [1.54, 1.807) is 38.1 Å². The molecule has 0 fully saturated rings. The molecule has 2 heterocycles. The van der Waals surface area contributed by atoms with Gasteiger partial charge in [0, 0.05) is 23.4 Å². The lowest BCUT2D eigenvalue weighted by Crippen LogP contribution is -2.47. The minimum absolute atomic E-state index is 0.355. The van der Waals surface area contributed by atoms with Gasteiger partial charge in [0.15, 0.2) is 11.5 Å². The summed E-state index contributed by atoms with van der Waals surface area (Å²) in [6.07, 6.45) is 0. The van der Waals surface area contributed by atoms with Crippen LogP contribution in [0.2, 0.25) is 0 Å². The second-order valence-corrected chi connectivity index (χ2v) is 7.21. The SMILES string of the molecule is CC(C)(C(=O)Nc1ccc2c(c1)OCCO2)n1nc(-c2ccccc2)ccc1=O. The predicted molar refractivity (Wildman–Crippen MR) is 109 cm³/mol. The van der Waals surface area contributed by atoms with Crippen molar-refractivity contribution in [2.75, 3.05) is 18.5 Å². The van der Waals surface area contributed by atoms with Crippen molar-refractivity contribution in [3.05, 3.63) is 71.0 Å². The van der Waals surface area contributed by atoms with Crippen molar-refractivity contribution in [1.29, 1.82) is 0 Å². The topological polar surface area (TPSA) is 82.4 Å². The van der Waals surface area contributed by atoms with Crippen molar-refractivity contribution in [2.45, 2.75) is 19.4 Å². The summed E-state index contributed by atoms with van der Waals surface area (Å²) in [5.41, 5.74) is 0.469. The number of carbonyl (C=O) groups is 1. The molecule has 4 rings (SSSR count). The number of rotatable bonds is 4. The van der Waals surface area contributed by atoms with Crippen LogP contribution in [-0.4, -0.2) is 28.9 Å². The van der Waals surface area contributed by atoms with Gasteiger partial charge in [0.1, 0.15) is 18.8 Å². The van der Waals surface area contributed by atoms with Gasteiger partial charge in [-0.2, -0.15) is 5.10 Å². The molecule has 3 aromatic rings. The Bertz CT molecular complexity index is 1110. The van der Waals surface area contributed by atoms with Crippen LogP contribution < -0.4 is 20.3 Å². The van der Waals surface area contributed by atoms with E-state index in [9.17, 15) is 9.59 Å². The van der Waals surface area contributed by atoms with Crippen LogP contribution in [0.3, 0.4) is 0 Å². The van der Waals surface area contributed by atoms with Gasteiger partial charge < -0.3 is 14.8 Å². The fourth-order valence-electron chi connectivity index (χ4n) is 3.08. The van der Waals surface area contributed by atoms with E-state index in [0.29, 0.717) is 36.1 Å². The summed E-state index contributed by atoms with van der Waals surface area (Å²) in [7, 11) is 0. The molecule has 0 spiro atoms. The van der Waals surface area contributed by atoms with E-state index in [4.69, 9.17) is 9.47 Å². The molecule has 0 atom stereocenters. The lowest BCUT2D eigenvalue weighted by molar-refractivity contribution is -0.123. The van der Waals surface area contributed by atoms with Crippen molar-refractivity contribution >= 4 is 11.6 Å². The maximum atomic E-state index is 13.0. The van der Waals surface area contributed by atoms with Gasteiger partial charge in [0.2, 0.25) is 0 Å². The van der Waals surface area contributed by atoms with Crippen LogP contribution in [0.25, 0.3) is 11.3 Å². The third-order valence-corrected chi connectivity index (χ3v) is 4.76. The monoisotopic (exact) mass is 391 g/mol. The summed E-state index contributed by atoms with van der Waals surface area (Å²) < 4.78 is 12.3. The van der Waals surface area contributed by atoms with Crippen molar-refractivity contribution < 1.29 is 14.3 Å². The van der Waals surface area contributed by atoms with Gasteiger partial charge in [-0.1, -0.05) is 30.3 Å². The number of amides is 1. The van der Waals surface area contributed by atoms with E-state index in [2.05, 4.69) is 10.4 Å². The average Bonchev–Trinajstić information content (AvgIpc) is 2.74. The molecule has 1 aromatic heterocycles. The van der Waals surface area contributed by atoms with E-state index in [0.717, 1.165) is 5.56 Å². The molecule has 7 nitrogen and oxygen atoms in total. The van der Waals surface area contributed by atoms with Crippen LogP contribution in [0.5, 0.6) is 11.5 Å². The van der Waals surface area contributed by atoms with E-state index in [1.807, 2.05) is 30.3 Å². The summed E-state index contributed by atoms with van der Waals surface area (Å²) in [4.78, 5) is 25.5. The molecule has 0 radical (unpaired) electrons. The molecule has 7 heteroatoms. The fourth-order valence-corrected chi connectivity index (χ4v) is 3.08. The quantitative estimate of drug-likeness (QED) is 0.739. The Labute approximate surface area is 167 Å². The second kappa shape index (κ2) is 7.43. The summed E-state index contributed by atoms with van der Waals surface area (Å²) in [5, 5.41) is 7.29. The number of carbonyl (C=O) groups excluding carboxylic acids is 1. The second-order valence-electron chi connectivity index (χ2n) is 7.21. The number of benzene rings is 2. The molecule has 2 aromatic carbocycles. The molecule has 0 saturated heterocycles. The first-order valence-electron chi connectivity index (χ1n) is 9.32. The number of anilines is 1. The summed E-state index contributed by atoms with van der Waals surface area (Å²) in [6.45, 7) is 4.27. The minimum Gasteiger partial charge on any atom is -0.486 e. The van der Waals surface area contributed by atoms with Crippen molar-refractivity contribution in [3.8, 4) is 22.8 Å². The lowest BCUT2D eigenvalue weighted by Gasteiger charge is -2.26. The van der Waals surface area contributed by atoms with Crippen molar-refractivity contribution in [1.82, 2.24) is 9.78 Å². The van der Waals surface area contributed by atoms with E-state index in [-0.39, 0.29) is 11.5 Å². The smallest absolute Gasteiger partial charge is 0.267 e. The molecule has 1 amide bonds. The molecule has 29 heavy (non-hydrogen) atoms. The maximum Gasteiger partial charge on any atom is 0.267 e. The highest BCUT2D eigenvalue weighted by atomic mass is 16.6. The van der Waals surface area contributed by atoms with E-state index < -0.39 is 5.54 Å². The van der Waals surface area contributed by atoms with Crippen LogP contribution >= 0.6 is 0 Å². The highest BCUT2D eigenvalue weighted by Crippen LogP contribution is 2.33. The Kier molecular flexibility index (Phi) is 4.80. The van der Waals surface area contributed by atoms with Crippen LogP contribution in [0, 0.1) is 0 Å². The molecule has 148 valence electrons. The Hall–Kier alpha value is -3.61. The molecular formula is C22H21N3O4. The Morgan fingerprint density at radius 3 is 2.48 bits per heavy atom. The molecular weight excluding hydrogens is 370 g/mol. The summed E-state index contributed by atoms with van der Waals surface area (Å²) in [6, 6.07) is 17.8. The Morgan fingerprint density at radius 2 is 1.72 bits per heavy atom. The third kappa shape index (κ3) is 3.71. The molecule has 1 aliphatic heterocycles. The van der Waals surface area contributed by atoms with Gasteiger partial charge in [-0.05, 0) is 32.0 Å². The van der Waals surface area contributed by atoms with E-state index in [1.165, 1.54) is 10.7 Å². The number of aromatic nitrogens is 2. The highest BCUT2D eigenvalue weighted by molar-refractivity contribution is 5.96. The van der Waals surface area contributed by atoms with Gasteiger partial charge >= 0.3 is 0 Å². The van der Waals surface area contributed by atoms with Crippen molar-refractivity contribution in [2.24, 2.45) is 0 Å². The zero-order valence-corrected chi connectivity index (χ0v) is 16.2. The van der Waals surface area contributed by atoms with E-state index >= 15 is 0 Å². The summed E-state index contributed by atoms with van der Waals surface area (Å²) in [5.74, 6) is 0.851. The molecule has 0 saturated carbocycles. The number of nitrogens with zero attached hydrogens (tertiary/aromatic N) is 2. The zero-order chi connectivity index (χ0) is 20.4. The largest absolute Gasteiger partial charge is 0.486 e. The number of hydrogen-bond donors (Lipinski definition) is 1. The first kappa shape index (κ1) is 18.7. The minimum atomic E-state index is -1.21. The number of hydrogen-bond acceptors (Lipinski definition) is 5. The Balaban J connectivity index is 1.62. The fraction of sp³-hybridized carbons (Fsp3) is 0.227. The van der Waals surface area contributed by atoms with Gasteiger partial charge in [0.05, 0.1) is 5.69 Å². The van der Waals surface area contributed by atoms with Crippen LogP contribution in [0.1, 0.15) is 13.8 Å². The normalized spacial score (nSPS) is 13.0. The summed E-state index contributed by atoms with van der Waals surface area (Å²) >= 11 is 0. The van der Waals surface area contributed by atoms with Gasteiger partial charge in [-0.3, -0.25) is 9.59 Å². The predicted octanol–water partition coefficient (Wildman–Crippen LogP) is 3.06. The first-order chi connectivity index (χ1) is 13.9. The Morgan fingerprint density at radius 1 is 1.00 bits per heavy atom. The maximum absolute atomic E-state index is 13.0. The third-order valence-electron chi connectivity index (χ3n) is 4.76. The van der Waals surface area contributed by atoms with Crippen LogP contribution in [0.15, 0.2) is 65.5 Å². The first-order valence-corrected chi connectivity index (χ1v) is 9.32. The molecule has 0 unspecified atom stereocenters. The molecule has 1 aliphatic rings. The molecule has 1 N–H and O–H groups in total. The van der Waals surface area contributed by atoms with Gasteiger partial charge in [0.25, 0.3) is 11.5 Å². The number of nitrogens with one attached hydrogen (secondary N) is 1. The standard InChI is InChI=1S/C22H21N3O4/c1-22(2,21(27)23-16-8-10-18-19(14-16)29-13-12-28-18)25-20(26)11-9-17(24-25)15-6-4-3-5-7-15/h3-11,14H,12-13H2,1-2H3,(H,23,27). The number of ether oxygens (including phenoxy) is 2. The lowest BCUT2D eigenvalue weighted by atomic mass is 10.0. The molecule has 0 bridgehead atoms. The average molecular weight is 391 g/mol. The van der Waals surface area contributed by atoms with Gasteiger partial charge in [-0.25, -0.2) is 4.68 Å². The van der Waals surface area contributed by atoms with Gasteiger partial charge in [-0.15, -0.1) is 0 Å². The molecule has 0 aliphatic carbocycles. The zero-order valence-electron chi connectivity index (χ0n) is 16.2. The van der Waals surface area contributed by atoms with Crippen molar-refractivity contribution in [3.63, 3.8) is 0 Å². The van der Waals surface area contributed by atoms with Crippen LogP contribution in [0.4, 0.5) is 5.69 Å².